The van der Waals surface area contributed by atoms with Crippen LogP contribution in [-0.4, -0.2) is 36.7 Å². The van der Waals surface area contributed by atoms with Crippen LogP contribution < -0.4 is 10.0 Å². The largest absolute Gasteiger partial charge is 0.307 e. The molecule has 0 fully saturated rings. The molecule has 1 atom stereocenters. The number of hydrogen-bond acceptors (Lipinski definition) is 5. The van der Waals surface area contributed by atoms with E-state index in [2.05, 4.69) is 20.0 Å². The molecule has 0 spiro atoms. The topological polar surface area (TPSA) is 84.0 Å². The number of sulfonamides is 1. The Morgan fingerprint density at radius 3 is 2.42 bits per heavy atom. The maximum atomic E-state index is 11.3. The second-order valence-corrected chi connectivity index (χ2v) is 7.14. The zero-order valence-corrected chi connectivity index (χ0v) is 12.9. The van der Waals surface area contributed by atoms with Crippen molar-refractivity contribution in [2.45, 2.75) is 39.3 Å². The molecular formula is C12H22N4O2S. The van der Waals surface area contributed by atoms with Crippen LogP contribution in [0.5, 0.6) is 0 Å². The molecule has 6 nitrogen and oxygen atoms in total. The van der Waals surface area contributed by atoms with E-state index in [0.717, 1.165) is 17.6 Å². The SMILES string of the molecule is Cc1nccnc1C(C)NCC(C)(C)NS(C)(=O)=O. The van der Waals surface area contributed by atoms with Crippen molar-refractivity contribution in [2.75, 3.05) is 12.8 Å². The van der Waals surface area contributed by atoms with Gasteiger partial charge >= 0.3 is 0 Å². The van der Waals surface area contributed by atoms with Crippen LogP contribution in [0.3, 0.4) is 0 Å². The van der Waals surface area contributed by atoms with Crippen molar-refractivity contribution >= 4 is 10.0 Å². The Morgan fingerprint density at radius 1 is 1.32 bits per heavy atom. The fourth-order valence-corrected chi connectivity index (χ4v) is 2.96. The van der Waals surface area contributed by atoms with Crippen LogP contribution in [0.15, 0.2) is 12.4 Å². The van der Waals surface area contributed by atoms with Gasteiger partial charge in [-0.05, 0) is 27.7 Å². The predicted octanol–water partition coefficient (Wildman–Crippen LogP) is 0.763. The van der Waals surface area contributed by atoms with Crippen molar-refractivity contribution < 1.29 is 8.42 Å². The van der Waals surface area contributed by atoms with Crippen molar-refractivity contribution in [3.63, 3.8) is 0 Å². The second-order valence-electron chi connectivity index (χ2n) is 5.39. The normalized spacial score (nSPS) is 14.4. The third-order valence-electron chi connectivity index (χ3n) is 2.64. The molecule has 0 aliphatic carbocycles. The lowest BCUT2D eigenvalue weighted by Crippen LogP contribution is -2.50. The fourth-order valence-electron chi connectivity index (χ4n) is 1.89. The van der Waals surface area contributed by atoms with Crippen LogP contribution in [0.25, 0.3) is 0 Å². The molecule has 0 saturated heterocycles. The highest BCUT2D eigenvalue weighted by molar-refractivity contribution is 7.88. The Morgan fingerprint density at radius 2 is 1.89 bits per heavy atom. The molecule has 0 saturated carbocycles. The summed E-state index contributed by atoms with van der Waals surface area (Å²) in [6, 6.07) is 0.00864. The van der Waals surface area contributed by atoms with Crippen LogP contribution >= 0.6 is 0 Å². The van der Waals surface area contributed by atoms with E-state index < -0.39 is 15.6 Å². The molecule has 108 valence electrons. The summed E-state index contributed by atoms with van der Waals surface area (Å²) in [4.78, 5) is 8.48. The molecule has 1 aromatic rings. The van der Waals surface area contributed by atoms with Gasteiger partial charge < -0.3 is 5.32 Å². The minimum atomic E-state index is -3.22. The molecule has 0 bridgehead atoms. The molecule has 19 heavy (non-hydrogen) atoms. The van der Waals surface area contributed by atoms with Gasteiger partial charge in [0.15, 0.2) is 0 Å². The zero-order valence-electron chi connectivity index (χ0n) is 12.1. The molecule has 0 amide bonds. The third-order valence-corrected chi connectivity index (χ3v) is 3.56. The predicted molar refractivity (Wildman–Crippen MR) is 75.2 cm³/mol. The van der Waals surface area contributed by atoms with Gasteiger partial charge in [-0.2, -0.15) is 0 Å². The first-order chi connectivity index (χ1) is 8.61. The summed E-state index contributed by atoms with van der Waals surface area (Å²) in [5.74, 6) is 0. The van der Waals surface area contributed by atoms with Gasteiger partial charge in [-0.3, -0.25) is 9.97 Å². The molecule has 0 aliphatic heterocycles. The molecule has 0 aliphatic rings. The lowest BCUT2D eigenvalue weighted by atomic mass is 10.1. The van der Waals surface area contributed by atoms with Gasteiger partial charge in [0.25, 0.3) is 0 Å². The standard InChI is InChI=1S/C12H22N4O2S/c1-9-11(14-7-6-13-9)10(2)15-8-12(3,4)16-19(5,17)18/h6-7,10,15-16H,8H2,1-5H3. The Kier molecular flexibility index (Phi) is 5.00. The van der Waals surface area contributed by atoms with Gasteiger partial charge in [-0.1, -0.05) is 0 Å². The molecule has 1 unspecified atom stereocenters. The fraction of sp³-hybridized carbons (Fsp3) is 0.667. The number of hydrogen-bond donors (Lipinski definition) is 2. The Bertz CT molecular complexity index is 528. The highest BCUT2D eigenvalue weighted by Crippen LogP contribution is 2.13. The Hall–Kier alpha value is -1.05. The zero-order chi connectivity index (χ0) is 14.7. The Labute approximate surface area is 115 Å². The van der Waals surface area contributed by atoms with Gasteiger partial charge in [-0.25, -0.2) is 13.1 Å². The molecule has 1 aromatic heterocycles. The van der Waals surface area contributed by atoms with E-state index in [1.165, 1.54) is 0 Å². The van der Waals surface area contributed by atoms with Crippen molar-refractivity contribution in [1.29, 1.82) is 0 Å². The summed E-state index contributed by atoms with van der Waals surface area (Å²) in [6.07, 6.45) is 4.46. The number of nitrogens with zero attached hydrogens (tertiary/aromatic N) is 2. The molecule has 2 N–H and O–H groups in total. The maximum absolute atomic E-state index is 11.3. The van der Waals surface area contributed by atoms with Gasteiger partial charge in [0.05, 0.1) is 17.6 Å². The molecule has 1 heterocycles. The maximum Gasteiger partial charge on any atom is 0.209 e. The molecule has 1 rings (SSSR count). The van der Waals surface area contributed by atoms with E-state index in [1.807, 2.05) is 27.7 Å². The van der Waals surface area contributed by atoms with Crippen molar-refractivity contribution in [1.82, 2.24) is 20.0 Å². The summed E-state index contributed by atoms with van der Waals surface area (Å²) in [7, 11) is -3.22. The number of aryl methyl sites for hydroxylation is 1. The summed E-state index contributed by atoms with van der Waals surface area (Å²) in [5, 5.41) is 3.27. The van der Waals surface area contributed by atoms with E-state index >= 15 is 0 Å². The minimum Gasteiger partial charge on any atom is -0.307 e. The monoisotopic (exact) mass is 286 g/mol. The summed E-state index contributed by atoms with van der Waals surface area (Å²) >= 11 is 0. The summed E-state index contributed by atoms with van der Waals surface area (Å²) in [5.41, 5.74) is 1.19. The van der Waals surface area contributed by atoms with Crippen molar-refractivity contribution in [2.24, 2.45) is 0 Å². The smallest absolute Gasteiger partial charge is 0.209 e. The highest BCUT2D eigenvalue weighted by atomic mass is 32.2. The average molecular weight is 286 g/mol. The summed E-state index contributed by atoms with van der Waals surface area (Å²) in [6.45, 7) is 8.04. The number of nitrogens with one attached hydrogen (secondary N) is 2. The molecule has 0 aromatic carbocycles. The summed E-state index contributed by atoms with van der Waals surface area (Å²) < 4.78 is 25.1. The van der Waals surface area contributed by atoms with Gasteiger partial charge in [0, 0.05) is 30.5 Å². The first kappa shape index (κ1) is 16.0. The van der Waals surface area contributed by atoms with E-state index in [0.29, 0.717) is 6.54 Å². The van der Waals surface area contributed by atoms with E-state index in [1.54, 1.807) is 12.4 Å². The van der Waals surface area contributed by atoms with Crippen LogP contribution in [0, 0.1) is 6.92 Å². The first-order valence-electron chi connectivity index (χ1n) is 6.10. The Balaban J connectivity index is 2.64. The molecule has 0 radical (unpaired) electrons. The first-order valence-corrected chi connectivity index (χ1v) is 8.00. The van der Waals surface area contributed by atoms with Crippen LogP contribution in [0.2, 0.25) is 0 Å². The average Bonchev–Trinajstić information content (AvgIpc) is 2.23. The minimum absolute atomic E-state index is 0.00864. The lowest BCUT2D eigenvalue weighted by Gasteiger charge is -2.27. The van der Waals surface area contributed by atoms with Crippen molar-refractivity contribution in [3.8, 4) is 0 Å². The quantitative estimate of drug-likeness (QED) is 0.806. The number of rotatable bonds is 6. The van der Waals surface area contributed by atoms with E-state index in [-0.39, 0.29) is 6.04 Å². The third kappa shape index (κ3) is 5.63. The van der Waals surface area contributed by atoms with Crippen LogP contribution in [-0.2, 0) is 10.0 Å². The van der Waals surface area contributed by atoms with Gasteiger partial charge in [0.2, 0.25) is 10.0 Å². The van der Waals surface area contributed by atoms with E-state index in [4.69, 9.17) is 0 Å². The molecule has 7 heteroatoms. The highest BCUT2D eigenvalue weighted by Gasteiger charge is 2.23. The van der Waals surface area contributed by atoms with E-state index in [9.17, 15) is 8.42 Å². The van der Waals surface area contributed by atoms with Gasteiger partial charge in [0.1, 0.15) is 0 Å². The molecular weight excluding hydrogens is 264 g/mol. The van der Waals surface area contributed by atoms with Crippen molar-refractivity contribution in [3.05, 3.63) is 23.8 Å². The lowest BCUT2D eigenvalue weighted by molar-refractivity contribution is 0.396. The van der Waals surface area contributed by atoms with Gasteiger partial charge in [-0.15, -0.1) is 0 Å². The second kappa shape index (κ2) is 5.94. The number of aromatic nitrogens is 2. The van der Waals surface area contributed by atoms with Crippen LogP contribution in [0.4, 0.5) is 0 Å². The van der Waals surface area contributed by atoms with Crippen LogP contribution in [0.1, 0.15) is 38.2 Å².